The van der Waals surface area contributed by atoms with Crippen LogP contribution in [-0.2, 0) is 33.1 Å². The number of fused-ring (bicyclic) bond motifs is 6. The van der Waals surface area contributed by atoms with Crippen LogP contribution in [-0.4, -0.2) is 95.7 Å². The molecule has 0 radical (unpaired) electrons. The van der Waals surface area contributed by atoms with Gasteiger partial charge in [-0.05, 0) is 163 Å². The van der Waals surface area contributed by atoms with Crippen molar-refractivity contribution < 1.29 is 35.5 Å². The first-order valence-corrected chi connectivity index (χ1v) is 37.0. The predicted molar refractivity (Wildman–Crippen MR) is 350 cm³/mol. The van der Waals surface area contributed by atoms with Crippen LogP contribution in [0.1, 0.15) is 158 Å². The second-order valence-electron chi connectivity index (χ2n) is 24.7. The second-order valence-corrected chi connectivity index (χ2v) is 32.9. The maximum atomic E-state index is 12.7. The van der Waals surface area contributed by atoms with Gasteiger partial charge in [0.2, 0.25) is 20.0 Å². The third-order valence-corrected chi connectivity index (χ3v) is 25.2. The maximum Gasteiger partial charge on any atom is 0.264 e. The highest BCUT2D eigenvalue weighted by atomic mass is 35.5. The maximum absolute atomic E-state index is 12.7. The molecule has 8 heterocycles. The third kappa shape index (κ3) is 13.5. The summed E-state index contributed by atoms with van der Waals surface area (Å²) in [6.45, 7) is 1.40. The topological polar surface area (TPSA) is 244 Å². The van der Waals surface area contributed by atoms with Crippen LogP contribution >= 0.6 is 80.7 Å². The Bertz CT molecular complexity index is 4210. The van der Waals surface area contributed by atoms with Gasteiger partial charge in [0, 0.05) is 94.6 Å². The molecule has 16 rings (SSSR count). The zero-order valence-electron chi connectivity index (χ0n) is 48.0. The standard InChI is InChI=1S/C31H31Cl2N5O4S2.C20H23Cl2N3O.C11H9ClN2O3S2/c32-23-2-1-3-24(33)27(23)28-22(29(42-36-28)16-4-5-16)15-34-18-13-19-7-8-20(14-18)38(19)31-35-25-11-6-17(12-26(25)43-31)30(39)37-44(40,41)21-9-10-21;21-16-2-1-3-17(22)18(16)19-15(20(26-25-19)11-4-5-11)10-23-14-8-12-6-7-13(9-14)24-12;12-11-13-8-4-1-6(5-9(8)18-11)10(15)14-19(16,17)7-2-3-7/h1-3,6,11-12,16,18-21,34H,4-5,7-10,13-15H2,(H,37,39);1-3,11-14,23-24H,4-10H2;1,4-5,7H,2-3H2,(H,14,15). The van der Waals surface area contributed by atoms with Crippen molar-refractivity contribution in [1.29, 1.82) is 0 Å². The van der Waals surface area contributed by atoms with Gasteiger partial charge in [0.05, 0.1) is 51.0 Å². The molecule has 2 amide bonds. The lowest BCUT2D eigenvalue weighted by Crippen LogP contribution is -2.49. The zero-order chi connectivity index (χ0) is 61.5. The van der Waals surface area contributed by atoms with Crippen LogP contribution in [0.15, 0.2) is 81.8 Å². The van der Waals surface area contributed by atoms with Crippen LogP contribution in [0, 0.1) is 0 Å². The second kappa shape index (κ2) is 25.2. The van der Waals surface area contributed by atoms with Crippen LogP contribution in [0.25, 0.3) is 42.9 Å². The zero-order valence-corrected chi connectivity index (χ0v) is 55.0. The number of amides is 2. The quantitative estimate of drug-likeness (QED) is 0.0569. The molecule has 8 fully saturated rings. The van der Waals surface area contributed by atoms with Gasteiger partial charge in [0.1, 0.15) is 22.9 Å². The van der Waals surface area contributed by atoms with E-state index in [2.05, 4.69) is 45.6 Å². The molecule has 4 unspecified atom stereocenters. The number of sulfonamides is 2. The fourth-order valence-electron chi connectivity index (χ4n) is 13.0. The Morgan fingerprint density at radius 2 is 0.989 bits per heavy atom. The largest absolute Gasteiger partial charge is 0.360 e. The molecule has 4 aromatic heterocycles. The van der Waals surface area contributed by atoms with Crippen LogP contribution in [0.5, 0.6) is 0 Å². The SMILES string of the molecule is Clc1cccc(Cl)c1-c1noc(C2CC2)c1CNC1CC2CCC(C1)N2.O=C(NS(=O)(=O)C1CC1)c1ccc2nc(Cl)sc2c1.O=C(NS(=O)(=O)C1CC1)c1ccc2nc(N3C4CCC3CC(NCc3c(-c5c(Cl)cccc5Cl)noc3C3CC3)C4)sc2c1. The van der Waals surface area contributed by atoms with E-state index in [9.17, 15) is 26.4 Å². The molecule has 18 nitrogen and oxygen atoms in total. The molecule has 89 heavy (non-hydrogen) atoms. The summed E-state index contributed by atoms with van der Waals surface area (Å²) >= 11 is 34.6. The summed E-state index contributed by atoms with van der Waals surface area (Å²) in [6, 6.07) is 24.0. The number of benzene rings is 4. The molecule has 4 aliphatic heterocycles. The Morgan fingerprint density at radius 1 is 0.551 bits per heavy atom. The van der Waals surface area contributed by atoms with E-state index in [1.807, 2.05) is 42.5 Å². The number of thiazole rings is 2. The van der Waals surface area contributed by atoms with Crippen molar-refractivity contribution in [2.24, 2.45) is 0 Å². The first kappa shape index (κ1) is 61.5. The Kier molecular flexibility index (Phi) is 17.4. The van der Waals surface area contributed by atoms with Gasteiger partial charge >= 0.3 is 0 Å². The van der Waals surface area contributed by atoms with Crippen LogP contribution < -0.4 is 30.3 Å². The van der Waals surface area contributed by atoms with E-state index in [0.717, 1.165) is 110 Å². The summed E-state index contributed by atoms with van der Waals surface area (Å²) in [6.07, 6.45) is 16.2. The predicted octanol–water partition coefficient (Wildman–Crippen LogP) is 13.7. The lowest BCUT2D eigenvalue weighted by Gasteiger charge is -2.39. The van der Waals surface area contributed by atoms with Crippen molar-refractivity contribution >= 4 is 138 Å². The van der Waals surface area contributed by atoms with Crippen molar-refractivity contribution in [2.45, 2.75) is 174 Å². The van der Waals surface area contributed by atoms with Gasteiger partial charge in [0.15, 0.2) is 9.60 Å². The van der Waals surface area contributed by atoms with E-state index in [-0.39, 0.29) is 5.56 Å². The average molecular weight is 1380 g/mol. The number of nitrogens with zero attached hydrogens (tertiary/aromatic N) is 5. The summed E-state index contributed by atoms with van der Waals surface area (Å²) in [5.41, 5.74) is 7.34. The smallest absolute Gasteiger partial charge is 0.264 e. The summed E-state index contributed by atoms with van der Waals surface area (Å²) in [4.78, 5) is 36.0. The summed E-state index contributed by atoms with van der Waals surface area (Å²) in [5.74, 6) is 1.66. The van der Waals surface area contributed by atoms with Crippen molar-refractivity contribution in [3.8, 4) is 22.5 Å². The van der Waals surface area contributed by atoms with E-state index in [1.165, 1.54) is 55.9 Å². The molecular weight excluding hydrogens is 1320 g/mol. The molecule has 0 spiro atoms. The molecule has 4 atom stereocenters. The number of carbonyl (C=O) groups is 2. The van der Waals surface area contributed by atoms with Crippen molar-refractivity contribution in [3.05, 3.63) is 131 Å². The van der Waals surface area contributed by atoms with E-state index < -0.39 is 42.4 Å². The fraction of sp³-hybridized carbons (Fsp3) is 0.452. The highest BCUT2D eigenvalue weighted by molar-refractivity contribution is 7.91. The van der Waals surface area contributed by atoms with Gasteiger partial charge in [-0.3, -0.25) is 9.59 Å². The van der Waals surface area contributed by atoms with Crippen LogP contribution in [0.2, 0.25) is 24.6 Å². The first-order valence-electron chi connectivity index (χ1n) is 30.3. The minimum absolute atomic E-state index is 0.289. The van der Waals surface area contributed by atoms with Crippen LogP contribution in [0.3, 0.4) is 0 Å². The number of aromatic nitrogens is 4. The summed E-state index contributed by atoms with van der Waals surface area (Å²) < 4.78 is 65.8. The van der Waals surface area contributed by atoms with E-state index >= 15 is 0 Å². The van der Waals surface area contributed by atoms with E-state index in [4.69, 9.17) is 72.0 Å². The molecule has 4 saturated carbocycles. The minimum Gasteiger partial charge on any atom is -0.360 e. The summed E-state index contributed by atoms with van der Waals surface area (Å²) in [5, 5.41) is 22.6. The van der Waals surface area contributed by atoms with E-state index in [1.54, 1.807) is 35.6 Å². The lowest BCUT2D eigenvalue weighted by molar-refractivity contribution is 0.0972. The molecule has 4 bridgehead atoms. The van der Waals surface area contributed by atoms with Crippen molar-refractivity contribution in [3.63, 3.8) is 0 Å². The van der Waals surface area contributed by atoms with Crippen molar-refractivity contribution in [1.82, 2.24) is 45.7 Å². The number of hydrogen-bond donors (Lipinski definition) is 5. The third-order valence-electron chi connectivity index (χ3n) is 18.2. The number of nitrogens with one attached hydrogen (secondary N) is 5. The van der Waals surface area contributed by atoms with Gasteiger partial charge in [0.25, 0.3) is 11.8 Å². The van der Waals surface area contributed by atoms with Gasteiger partial charge < -0.3 is 29.9 Å². The number of halogens is 5. The average Bonchev–Trinajstić information content (AvgIpc) is 1.91. The number of carbonyl (C=O) groups excluding carboxylic acids is 2. The molecule has 8 aromatic rings. The van der Waals surface area contributed by atoms with Crippen LogP contribution in [0.4, 0.5) is 5.13 Å². The lowest BCUT2D eigenvalue weighted by atomic mass is 9.97. The van der Waals surface area contributed by atoms with Gasteiger partial charge in [-0.1, -0.05) is 91.8 Å². The monoisotopic (exact) mass is 1380 g/mol. The van der Waals surface area contributed by atoms with Crippen molar-refractivity contribution in [2.75, 3.05) is 4.90 Å². The Hall–Kier alpha value is -4.95. The van der Waals surface area contributed by atoms with Gasteiger partial charge in [-0.2, -0.15) is 0 Å². The molecule has 4 aliphatic carbocycles. The molecule has 27 heteroatoms. The number of anilines is 1. The molecule has 468 valence electrons. The van der Waals surface area contributed by atoms with E-state index in [0.29, 0.717) is 116 Å². The summed E-state index contributed by atoms with van der Waals surface area (Å²) in [7, 11) is -7.12. The Morgan fingerprint density at radius 3 is 1.44 bits per heavy atom. The minimum atomic E-state index is -3.60. The Labute approximate surface area is 548 Å². The Balaban J connectivity index is 0.000000130. The molecule has 5 N–H and O–H groups in total. The van der Waals surface area contributed by atoms with Gasteiger partial charge in [-0.15, -0.1) is 11.3 Å². The normalized spacial score (nSPS) is 23.0. The molecule has 4 saturated heterocycles. The highest BCUT2D eigenvalue weighted by Gasteiger charge is 2.44. The molecule has 8 aliphatic rings. The number of hydrogen-bond acceptors (Lipinski definition) is 18. The highest BCUT2D eigenvalue weighted by Crippen LogP contribution is 2.49. The number of piperidine rings is 2. The number of rotatable bonds is 17. The molecular formula is C62H63Cl5N10O8S4. The fourth-order valence-corrected chi connectivity index (χ4v) is 19.0. The van der Waals surface area contributed by atoms with Gasteiger partial charge in [-0.25, -0.2) is 36.2 Å². The molecule has 4 aromatic carbocycles. The first-order chi connectivity index (χ1) is 42.9.